The summed E-state index contributed by atoms with van der Waals surface area (Å²) in [4.78, 5) is 6.75. The number of nitrogen functional groups attached to an aromatic ring is 1. The Hall–Kier alpha value is -3.01. The average Bonchev–Trinajstić information content (AvgIpc) is 3.04. The van der Waals surface area contributed by atoms with Crippen LogP contribution in [-0.4, -0.2) is 47.3 Å². The van der Waals surface area contributed by atoms with Gasteiger partial charge in [0.05, 0.1) is 11.4 Å². The van der Waals surface area contributed by atoms with Crippen LogP contribution in [0.4, 0.5) is 5.82 Å². The minimum absolute atomic E-state index is 0.398. The number of aryl methyl sites for hydroxylation is 1. The first-order chi connectivity index (χ1) is 13.6. The highest BCUT2D eigenvalue weighted by Crippen LogP contribution is 2.21. The highest BCUT2D eigenvalue weighted by Gasteiger charge is 2.19. The number of piperidine rings is 1. The predicted molar refractivity (Wildman–Crippen MR) is 112 cm³/mol. The maximum Gasteiger partial charge on any atom is 0.193 e. The Labute approximate surface area is 166 Å². The number of likely N-dealkylation sites (tertiary alicyclic amines) is 1. The van der Waals surface area contributed by atoms with E-state index in [-0.39, 0.29) is 0 Å². The van der Waals surface area contributed by atoms with Crippen LogP contribution in [-0.2, 0) is 6.42 Å². The van der Waals surface area contributed by atoms with Gasteiger partial charge in [-0.25, -0.2) is 4.68 Å². The van der Waals surface area contributed by atoms with Crippen molar-refractivity contribution < 1.29 is 0 Å². The van der Waals surface area contributed by atoms with E-state index in [2.05, 4.69) is 33.3 Å². The molecule has 2 heterocycles. The van der Waals surface area contributed by atoms with Crippen LogP contribution in [0, 0.1) is 17.2 Å². The number of hydrogen-bond acceptors (Lipinski definition) is 4. The molecule has 0 spiro atoms. The molecule has 7 nitrogen and oxygen atoms in total. The van der Waals surface area contributed by atoms with Gasteiger partial charge >= 0.3 is 0 Å². The molecule has 1 aliphatic rings. The van der Waals surface area contributed by atoms with Crippen LogP contribution in [0.2, 0.25) is 0 Å². The van der Waals surface area contributed by atoms with Crippen molar-refractivity contribution in [3.63, 3.8) is 0 Å². The number of rotatable bonds is 5. The third kappa shape index (κ3) is 4.45. The lowest BCUT2D eigenvalue weighted by Gasteiger charge is -2.33. The second-order valence-corrected chi connectivity index (χ2v) is 7.34. The Morgan fingerprint density at radius 1 is 1.39 bits per heavy atom. The molecular weight excluding hydrogens is 350 g/mol. The van der Waals surface area contributed by atoms with Crippen LogP contribution in [0.3, 0.4) is 0 Å². The molecule has 148 valence electrons. The van der Waals surface area contributed by atoms with E-state index in [1.54, 1.807) is 4.68 Å². The molecule has 0 radical (unpaired) electrons. The molecule has 0 aliphatic carbocycles. The van der Waals surface area contributed by atoms with Gasteiger partial charge in [0.2, 0.25) is 0 Å². The van der Waals surface area contributed by atoms with Gasteiger partial charge in [0.15, 0.2) is 5.96 Å². The number of para-hydroxylation sites is 1. The number of nitriles is 1. The van der Waals surface area contributed by atoms with Gasteiger partial charge in [-0.2, -0.15) is 10.4 Å². The number of aliphatic imine (C=N–C) groups is 1. The van der Waals surface area contributed by atoms with Gasteiger partial charge < -0.3 is 16.0 Å². The van der Waals surface area contributed by atoms with Crippen LogP contribution in [0.25, 0.3) is 5.69 Å². The normalized spacial score (nSPS) is 17.4. The summed E-state index contributed by atoms with van der Waals surface area (Å²) in [5.41, 5.74) is 8.24. The largest absolute Gasteiger partial charge is 0.382 e. The van der Waals surface area contributed by atoms with Crippen molar-refractivity contribution in [2.24, 2.45) is 10.9 Å². The third-order valence-electron chi connectivity index (χ3n) is 5.15. The van der Waals surface area contributed by atoms with Crippen LogP contribution in [0.5, 0.6) is 0 Å². The molecule has 1 saturated heterocycles. The van der Waals surface area contributed by atoms with Crippen molar-refractivity contribution >= 4 is 11.8 Å². The number of benzene rings is 1. The van der Waals surface area contributed by atoms with E-state index in [4.69, 9.17) is 5.73 Å². The Morgan fingerprint density at radius 2 is 2.18 bits per heavy atom. The molecule has 0 bridgehead atoms. The van der Waals surface area contributed by atoms with E-state index in [9.17, 15) is 5.26 Å². The van der Waals surface area contributed by atoms with Crippen molar-refractivity contribution in [2.45, 2.75) is 32.6 Å². The van der Waals surface area contributed by atoms with E-state index in [0.717, 1.165) is 43.4 Å². The minimum atomic E-state index is 0.398. The van der Waals surface area contributed by atoms with Gasteiger partial charge in [-0.1, -0.05) is 25.1 Å². The van der Waals surface area contributed by atoms with Crippen molar-refractivity contribution in [3.8, 4) is 11.8 Å². The maximum absolute atomic E-state index is 9.51. The summed E-state index contributed by atoms with van der Waals surface area (Å²) >= 11 is 0. The van der Waals surface area contributed by atoms with Crippen LogP contribution >= 0.6 is 0 Å². The van der Waals surface area contributed by atoms with Crippen molar-refractivity contribution in [1.82, 2.24) is 20.0 Å². The van der Waals surface area contributed by atoms with E-state index in [1.165, 1.54) is 12.8 Å². The number of aromatic nitrogens is 2. The number of nitrogens with zero attached hydrogens (tertiary/aromatic N) is 5. The molecule has 0 amide bonds. The number of hydrogen-bond donors (Lipinski definition) is 2. The Morgan fingerprint density at radius 3 is 2.86 bits per heavy atom. The number of anilines is 1. The van der Waals surface area contributed by atoms with Gasteiger partial charge in [-0.3, -0.25) is 4.99 Å². The Bertz CT molecular complexity index is 848. The molecule has 1 fully saturated rings. The van der Waals surface area contributed by atoms with Gasteiger partial charge in [0, 0.05) is 26.7 Å². The van der Waals surface area contributed by atoms with Gasteiger partial charge in [-0.05, 0) is 43.7 Å². The molecule has 7 heteroatoms. The highest BCUT2D eigenvalue weighted by molar-refractivity contribution is 5.79. The lowest BCUT2D eigenvalue weighted by atomic mass is 10.0. The topological polar surface area (TPSA) is 95.3 Å². The summed E-state index contributed by atoms with van der Waals surface area (Å²) in [7, 11) is 1.83. The van der Waals surface area contributed by atoms with Gasteiger partial charge in [-0.15, -0.1) is 0 Å². The molecule has 1 aromatic carbocycles. The summed E-state index contributed by atoms with van der Waals surface area (Å²) in [6, 6.07) is 11.9. The molecule has 2 aromatic rings. The van der Waals surface area contributed by atoms with Crippen molar-refractivity contribution in [3.05, 3.63) is 41.6 Å². The van der Waals surface area contributed by atoms with E-state index in [1.807, 2.05) is 37.4 Å². The quantitative estimate of drug-likeness (QED) is 0.473. The minimum Gasteiger partial charge on any atom is -0.382 e. The number of nitrogens with two attached hydrogens (primary N) is 1. The fraction of sp³-hybridized carbons (Fsp3) is 0.476. The zero-order valence-corrected chi connectivity index (χ0v) is 16.7. The Kier molecular flexibility index (Phi) is 6.53. The summed E-state index contributed by atoms with van der Waals surface area (Å²) in [6.45, 7) is 5.17. The second-order valence-electron chi connectivity index (χ2n) is 7.34. The van der Waals surface area contributed by atoms with E-state index in [0.29, 0.717) is 23.7 Å². The molecule has 1 unspecified atom stereocenters. The monoisotopic (exact) mass is 379 g/mol. The smallest absolute Gasteiger partial charge is 0.193 e. The SMILES string of the molecule is CN=C(NCCCc1nn(-c2ccccc2)c(N)c1C#N)N1CCCC(C)C1. The van der Waals surface area contributed by atoms with Crippen molar-refractivity contribution in [1.29, 1.82) is 5.26 Å². The molecule has 28 heavy (non-hydrogen) atoms. The zero-order valence-electron chi connectivity index (χ0n) is 16.7. The molecular formula is C21H29N7. The first kappa shape index (κ1) is 19.7. The Balaban J connectivity index is 1.60. The summed E-state index contributed by atoms with van der Waals surface area (Å²) in [6.07, 6.45) is 4.04. The highest BCUT2D eigenvalue weighted by atomic mass is 15.3. The van der Waals surface area contributed by atoms with Crippen LogP contribution in [0.15, 0.2) is 35.3 Å². The van der Waals surface area contributed by atoms with E-state index >= 15 is 0 Å². The lowest BCUT2D eigenvalue weighted by Crippen LogP contribution is -2.46. The van der Waals surface area contributed by atoms with E-state index < -0.39 is 0 Å². The molecule has 3 rings (SSSR count). The lowest BCUT2D eigenvalue weighted by molar-refractivity contribution is 0.266. The second kappa shape index (κ2) is 9.27. The standard InChI is InChI=1S/C21H29N7/c1-16-8-7-13-27(15-16)21(24-2)25-12-6-11-19-18(14-22)20(23)28(26-19)17-9-4-3-5-10-17/h3-5,9-10,16H,6-8,11-13,15,23H2,1-2H3,(H,24,25). The van der Waals surface area contributed by atoms with Crippen LogP contribution < -0.4 is 11.1 Å². The predicted octanol–water partition coefficient (Wildman–Crippen LogP) is 2.57. The average molecular weight is 380 g/mol. The zero-order chi connectivity index (χ0) is 19.9. The van der Waals surface area contributed by atoms with Gasteiger partial charge in [0.1, 0.15) is 17.5 Å². The van der Waals surface area contributed by atoms with Gasteiger partial charge in [0.25, 0.3) is 0 Å². The fourth-order valence-corrected chi connectivity index (χ4v) is 3.71. The number of guanidine groups is 1. The molecule has 1 aliphatic heterocycles. The molecule has 1 aromatic heterocycles. The third-order valence-corrected chi connectivity index (χ3v) is 5.15. The summed E-state index contributed by atoms with van der Waals surface area (Å²) in [5.74, 6) is 2.06. The number of nitrogens with one attached hydrogen (secondary N) is 1. The molecule has 3 N–H and O–H groups in total. The van der Waals surface area contributed by atoms with Crippen molar-refractivity contribution in [2.75, 3.05) is 32.4 Å². The fourth-order valence-electron chi connectivity index (χ4n) is 3.71. The molecule has 1 atom stereocenters. The summed E-state index contributed by atoms with van der Waals surface area (Å²) in [5, 5.41) is 17.5. The first-order valence-electron chi connectivity index (χ1n) is 9.92. The van der Waals surface area contributed by atoms with Crippen LogP contribution in [0.1, 0.15) is 37.4 Å². The summed E-state index contributed by atoms with van der Waals surface area (Å²) < 4.78 is 1.65. The first-order valence-corrected chi connectivity index (χ1v) is 9.92. The molecule has 0 saturated carbocycles. The maximum atomic E-state index is 9.51.